The van der Waals surface area contributed by atoms with Gasteiger partial charge in [-0.2, -0.15) is 0 Å². The lowest BCUT2D eigenvalue weighted by molar-refractivity contribution is -0.123. The van der Waals surface area contributed by atoms with E-state index in [0.717, 1.165) is 12.8 Å². The van der Waals surface area contributed by atoms with Crippen LogP contribution in [-0.4, -0.2) is 25.6 Å². The molecule has 1 aromatic carbocycles. The van der Waals surface area contributed by atoms with Crippen molar-refractivity contribution in [2.45, 2.75) is 39.3 Å². The van der Waals surface area contributed by atoms with Crippen LogP contribution in [0.3, 0.4) is 0 Å². The van der Waals surface area contributed by atoms with Gasteiger partial charge >= 0.3 is 0 Å². The quantitative estimate of drug-likeness (QED) is 0.769. The van der Waals surface area contributed by atoms with Crippen molar-refractivity contribution >= 4 is 5.91 Å². The first-order valence-corrected chi connectivity index (χ1v) is 6.92. The van der Waals surface area contributed by atoms with Gasteiger partial charge < -0.3 is 15.4 Å². The normalized spacial score (nSPS) is 12.0. The van der Waals surface area contributed by atoms with E-state index in [1.807, 2.05) is 6.92 Å². The second kappa shape index (κ2) is 8.53. The minimum absolute atomic E-state index is 0.0591. The van der Waals surface area contributed by atoms with Gasteiger partial charge in [0.1, 0.15) is 11.6 Å². The molecule has 0 aromatic heterocycles. The Morgan fingerprint density at radius 3 is 2.85 bits per heavy atom. The van der Waals surface area contributed by atoms with E-state index in [1.165, 1.54) is 12.1 Å². The number of carbonyl (C=O) groups excluding carboxylic acids is 1. The van der Waals surface area contributed by atoms with Gasteiger partial charge in [0.05, 0.1) is 0 Å². The summed E-state index contributed by atoms with van der Waals surface area (Å²) in [4.78, 5) is 11.7. The van der Waals surface area contributed by atoms with Gasteiger partial charge in [0.15, 0.2) is 6.61 Å². The smallest absolute Gasteiger partial charge is 0.258 e. The van der Waals surface area contributed by atoms with Crippen LogP contribution in [0.4, 0.5) is 4.39 Å². The van der Waals surface area contributed by atoms with E-state index in [-0.39, 0.29) is 24.4 Å². The molecule has 0 saturated carbocycles. The molecule has 1 amide bonds. The zero-order valence-corrected chi connectivity index (χ0v) is 12.3. The van der Waals surface area contributed by atoms with E-state index in [9.17, 15) is 9.18 Å². The highest BCUT2D eigenvalue weighted by molar-refractivity contribution is 5.77. The maximum atomic E-state index is 13.2. The molecule has 5 heteroatoms. The number of rotatable bonds is 8. The summed E-state index contributed by atoms with van der Waals surface area (Å²) in [6, 6.07) is 4.42. The van der Waals surface area contributed by atoms with Crippen LogP contribution in [0.1, 0.15) is 32.3 Å². The minimum atomic E-state index is -0.316. The van der Waals surface area contributed by atoms with Crippen molar-refractivity contribution in [2.24, 2.45) is 0 Å². The summed E-state index contributed by atoms with van der Waals surface area (Å²) in [5.74, 6) is 0.0494. The zero-order chi connectivity index (χ0) is 15.0. The number of halogens is 1. The van der Waals surface area contributed by atoms with Gasteiger partial charge in [-0.25, -0.2) is 4.39 Å². The molecule has 0 heterocycles. The zero-order valence-electron chi connectivity index (χ0n) is 12.3. The summed E-state index contributed by atoms with van der Waals surface area (Å²) in [5, 5.41) is 5.80. The first-order chi connectivity index (χ1) is 9.56. The Hall–Kier alpha value is -1.62. The third kappa shape index (κ3) is 5.57. The van der Waals surface area contributed by atoms with Crippen molar-refractivity contribution in [1.82, 2.24) is 10.6 Å². The van der Waals surface area contributed by atoms with Gasteiger partial charge in [0.2, 0.25) is 0 Å². The first-order valence-electron chi connectivity index (χ1n) is 6.92. The predicted octanol–water partition coefficient (Wildman–Crippen LogP) is 2.23. The molecular formula is C15H23FN2O2. The van der Waals surface area contributed by atoms with Crippen LogP contribution in [0.25, 0.3) is 0 Å². The Morgan fingerprint density at radius 2 is 2.20 bits per heavy atom. The van der Waals surface area contributed by atoms with Crippen molar-refractivity contribution in [3.05, 3.63) is 29.6 Å². The summed E-state index contributed by atoms with van der Waals surface area (Å²) in [5.41, 5.74) is 0.696. The van der Waals surface area contributed by atoms with Gasteiger partial charge in [0, 0.05) is 18.2 Å². The van der Waals surface area contributed by atoms with Gasteiger partial charge in [-0.15, -0.1) is 0 Å². The lowest BCUT2D eigenvalue weighted by atomic mass is 10.2. The molecule has 0 fully saturated rings. The number of hydrogen-bond acceptors (Lipinski definition) is 3. The summed E-state index contributed by atoms with van der Waals surface area (Å²) < 4.78 is 18.6. The Bertz CT molecular complexity index is 438. The summed E-state index contributed by atoms with van der Waals surface area (Å²) in [6.07, 6.45) is 1.96. The van der Waals surface area contributed by atoms with E-state index < -0.39 is 0 Å². The van der Waals surface area contributed by atoms with Crippen LogP contribution in [0.2, 0.25) is 0 Å². The third-order valence-corrected chi connectivity index (χ3v) is 2.88. The molecule has 1 rings (SSSR count). The van der Waals surface area contributed by atoms with Gasteiger partial charge in [-0.1, -0.05) is 13.3 Å². The molecule has 0 aliphatic heterocycles. The molecule has 1 atom stereocenters. The number of carbonyl (C=O) groups is 1. The van der Waals surface area contributed by atoms with Crippen molar-refractivity contribution < 1.29 is 13.9 Å². The summed E-state index contributed by atoms with van der Waals surface area (Å²) >= 11 is 0. The summed E-state index contributed by atoms with van der Waals surface area (Å²) in [6.45, 7) is 4.46. The van der Waals surface area contributed by atoms with Crippen LogP contribution < -0.4 is 15.4 Å². The topological polar surface area (TPSA) is 50.4 Å². The lowest BCUT2D eigenvalue weighted by Gasteiger charge is -2.14. The molecule has 1 aromatic rings. The lowest BCUT2D eigenvalue weighted by Crippen LogP contribution is -2.36. The van der Waals surface area contributed by atoms with Crippen molar-refractivity contribution in [3.8, 4) is 5.75 Å². The molecule has 4 nitrogen and oxygen atoms in total. The number of hydrogen-bond donors (Lipinski definition) is 2. The molecule has 112 valence electrons. The molecule has 0 aliphatic carbocycles. The van der Waals surface area contributed by atoms with E-state index in [1.54, 1.807) is 13.1 Å². The van der Waals surface area contributed by atoms with E-state index in [4.69, 9.17) is 4.74 Å². The molecule has 1 unspecified atom stereocenters. The highest BCUT2D eigenvalue weighted by atomic mass is 19.1. The maximum absolute atomic E-state index is 13.2. The van der Waals surface area contributed by atoms with Gasteiger partial charge in [-0.05, 0) is 38.6 Å². The molecule has 0 bridgehead atoms. The molecule has 20 heavy (non-hydrogen) atoms. The molecule has 0 spiro atoms. The molecular weight excluding hydrogens is 259 g/mol. The van der Waals surface area contributed by atoms with Crippen LogP contribution in [0, 0.1) is 5.82 Å². The molecule has 0 radical (unpaired) electrons. The fourth-order valence-corrected chi connectivity index (χ4v) is 1.98. The maximum Gasteiger partial charge on any atom is 0.258 e. The molecule has 0 saturated heterocycles. The SMILES string of the molecule is CCCC(C)NC(=O)COc1ccc(F)cc1CNC. The Morgan fingerprint density at radius 1 is 1.45 bits per heavy atom. The van der Waals surface area contributed by atoms with Crippen molar-refractivity contribution in [1.29, 1.82) is 0 Å². The highest BCUT2D eigenvalue weighted by Crippen LogP contribution is 2.19. The fourth-order valence-electron chi connectivity index (χ4n) is 1.98. The van der Waals surface area contributed by atoms with Crippen LogP contribution in [0.15, 0.2) is 18.2 Å². The first kappa shape index (κ1) is 16.4. The van der Waals surface area contributed by atoms with Crippen LogP contribution in [0.5, 0.6) is 5.75 Å². The summed E-state index contributed by atoms with van der Waals surface area (Å²) in [7, 11) is 1.77. The highest BCUT2D eigenvalue weighted by Gasteiger charge is 2.10. The largest absolute Gasteiger partial charge is 0.483 e. The average Bonchev–Trinajstić information content (AvgIpc) is 2.38. The molecule has 2 N–H and O–H groups in total. The molecule has 0 aliphatic rings. The number of ether oxygens (including phenoxy) is 1. The van der Waals surface area contributed by atoms with Crippen LogP contribution >= 0.6 is 0 Å². The Balaban J connectivity index is 2.54. The number of amides is 1. The fraction of sp³-hybridized carbons (Fsp3) is 0.533. The standard InChI is InChI=1S/C15H23FN2O2/c1-4-5-11(2)18-15(19)10-20-14-7-6-13(16)8-12(14)9-17-3/h6-8,11,17H,4-5,9-10H2,1-3H3,(H,18,19). The Labute approximate surface area is 119 Å². The van der Waals surface area contributed by atoms with E-state index in [2.05, 4.69) is 17.6 Å². The third-order valence-electron chi connectivity index (χ3n) is 2.88. The minimum Gasteiger partial charge on any atom is -0.483 e. The van der Waals surface area contributed by atoms with Crippen molar-refractivity contribution in [2.75, 3.05) is 13.7 Å². The number of benzene rings is 1. The van der Waals surface area contributed by atoms with Crippen molar-refractivity contribution in [3.63, 3.8) is 0 Å². The van der Waals surface area contributed by atoms with Crippen LogP contribution in [-0.2, 0) is 11.3 Å². The van der Waals surface area contributed by atoms with E-state index >= 15 is 0 Å². The Kier molecular flexibility index (Phi) is 7.01. The average molecular weight is 282 g/mol. The van der Waals surface area contributed by atoms with Gasteiger partial charge in [0.25, 0.3) is 5.91 Å². The second-order valence-corrected chi connectivity index (χ2v) is 4.83. The second-order valence-electron chi connectivity index (χ2n) is 4.83. The van der Waals surface area contributed by atoms with E-state index in [0.29, 0.717) is 17.9 Å². The number of nitrogens with one attached hydrogen (secondary N) is 2. The van der Waals surface area contributed by atoms with Gasteiger partial charge in [-0.3, -0.25) is 4.79 Å². The monoisotopic (exact) mass is 282 g/mol. The predicted molar refractivity (Wildman–Crippen MR) is 77.2 cm³/mol.